The molecule has 2 aliphatic rings. The second kappa shape index (κ2) is 10.5. The maximum atomic E-state index is 13.1. The number of carbonyl (C=O) groups is 3. The summed E-state index contributed by atoms with van der Waals surface area (Å²) in [6.07, 6.45) is 1.68. The van der Waals surface area contributed by atoms with Gasteiger partial charge in [0.2, 0.25) is 10.0 Å². The Morgan fingerprint density at radius 3 is 2.39 bits per heavy atom. The van der Waals surface area contributed by atoms with E-state index in [-0.39, 0.29) is 29.9 Å². The van der Waals surface area contributed by atoms with E-state index in [0.717, 1.165) is 17.5 Å². The highest BCUT2D eigenvalue weighted by Gasteiger charge is 2.65. The van der Waals surface area contributed by atoms with E-state index in [1.807, 2.05) is 51.1 Å². The number of hydrogen-bond acceptors (Lipinski definition) is 5. The fourth-order valence-electron chi connectivity index (χ4n) is 6.05. The zero-order valence-corrected chi connectivity index (χ0v) is 22.7. The van der Waals surface area contributed by atoms with Crippen molar-refractivity contribution in [3.63, 3.8) is 0 Å². The lowest BCUT2D eigenvalue weighted by molar-refractivity contribution is -0.138. The van der Waals surface area contributed by atoms with Crippen LogP contribution < -0.4 is 15.4 Å². The van der Waals surface area contributed by atoms with Gasteiger partial charge in [-0.25, -0.2) is 17.9 Å². The van der Waals surface area contributed by atoms with E-state index in [9.17, 15) is 27.9 Å². The molecule has 2 fully saturated rings. The summed E-state index contributed by atoms with van der Waals surface area (Å²) in [6, 6.07) is 12.8. The first-order chi connectivity index (χ1) is 17.9. The summed E-state index contributed by atoms with van der Waals surface area (Å²) in [7, 11) is -4.04. The maximum Gasteiger partial charge on any atom is 0.322 e. The molecule has 0 heterocycles. The number of fused-ring (bicyclic) bond motifs is 2. The normalized spacial score (nSPS) is 22.7. The van der Waals surface area contributed by atoms with Crippen molar-refractivity contribution < 1.29 is 27.9 Å². The van der Waals surface area contributed by atoms with Gasteiger partial charge in [-0.05, 0) is 66.3 Å². The van der Waals surface area contributed by atoms with Gasteiger partial charge < -0.3 is 15.7 Å². The van der Waals surface area contributed by atoms with Crippen molar-refractivity contribution in [3.8, 4) is 11.1 Å². The molecule has 4 N–H and O–H groups in total. The zero-order chi connectivity index (χ0) is 27.7. The number of Topliss-reactive ketones (excluding diaryl/α,β-unsaturated/α-hetero) is 1. The molecule has 2 bridgehead atoms. The Labute approximate surface area is 223 Å². The van der Waals surface area contributed by atoms with Crippen LogP contribution in [0.15, 0.2) is 48.5 Å². The molecule has 0 saturated heterocycles. The van der Waals surface area contributed by atoms with Gasteiger partial charge in [0, 0.05) is 24.1 Å². The molecule has 0 aliphatic heterocycles. The van der Waals surface area contributed by atoms with Crippen molar-refractivity contribution in [3.05, 3.63) is 54.1 Å². The van der Waals surface area contributed by atoms with Crippen LogP contribution in [0.4, 0.5) is 10.5 Å². The molecule has 9 nitrogen and oxygen atoms in total. The van der Waals surface area contributed by atoms with Gasteiger partial charge in [-0.3, -0.25) is 9.59 Å². The summed E-state index contributed by atoms with van der Waals surface area (Å²) >= 11 is 0. The zero-order valence-electron chi connectivity index (χ0n) is 21.9. The van der Waals surface area contributed by atoms with Gasteiger partial charge in [0.05, 0.1) is 5.75 Å². The fraction of sp³-hybridized carbons (Fsp3) is 0.464. The third kappa shape index (κ3) is 5.47. The van der Waals surface area contributed by atoms with Gasteiger partial charge in [-0.15, -0.1) is 0 Å². The lowest BCUT2D eigenvalue weighted by atomic mass is 9.70. The van der Waals surface area contributed by atoms with Crippen molar-refractivity contribution in [1.82, 2.24) is 10.0 Å². The van der Waals surface area contributed by atoms with Crippen LogP contribution in [-0.4, -0.2) is 49.6 Å². The minimum atomic E-state index is -4.04. The van der Waals surface area contributed by atoms with E-state index in [4.69, 9.17) is 0 Å². The van der Waals surface area contributed by atoms with Gasteiger partial charge in [-0.1, -0.05) is 50.2 Å². The number of nitrogens with one attached hydrogen (secondary N) is 3. The Balaban J connectivity index is 1.45. The van der Waals surface area contributed by atoms with Gasteiger partial charge in [0.25, 0.3) is 0 Å². The average Bonchev–Trinajstić information content (AvgIpc) is 3.18. The van der Waals surface area contributed by atoms with Crippen molar-refractivity contribution in [2.45, 2.75) is 52.5 Å². The molecule has 3 unspecified atom stereocenters. The molecular weight excluding hydrogens is 506 g/mol. The number of urea groups is 1. The lowest BCUT2D eigenvalue weighted by Crippen LogP contribution is -2.49. The van der Waals surface area contributed by atoms with Gasteiger partial charge in [0.1, 0.15) is 11.8 Å². The van der Waals surface area contributed by atoms with Gasteiger partial charge >= 0.3 is 12.0 Å². The minimum Gasteiger partial charge on any atom is -0.480 e. The summed E-state index contributed by atoms with van der Waals surface area (Å²) < 4.78 is 28.6. The number of carboxylic acids is 1. The lowest BCUT2D eigenvalue weighted by Gasteiger charge is -2.36. The molecule has 2 aromatic rings. The van der Waals surface area contributed by atoms with Crippen molar-refractivity contribution >= 4 is 33.5 Å². The first-order valence-corrected chi connectivity index (χ1v) is 14.5. The Morgan fingerprint density at radius 1 is 1.11 bits per heavy atom. The average molecular weight is 542 g/mol. The highest BCUT2D eigenvalue weighted by Crippen LogP contribution is 2.64. The molecule has 2 saturated carbocycles. The van der Waals surface area contributed by atoms with Crippen LogP contribution in [-0.2, 0) is 26.0 Å². The van der Waals surface area contributed by atoms with E-state index in [2.05, 4.69) is 15.4 Å². The molecule has 0 radical (unpaired) electrons. The number of rotatable bonds is 10. The number of hydrogen-bond donors (Lipinski definition) is 4. The van der Waals surface area contributed by atoms with Gasteiger partial charge in [0.15, 0.2) is 0 Å². The van der Waals surface area contributed by atoms with Crippen LogP contribution in [0.25, 0.3) is 11.1 Å². The summed E-state index contributed by atoms with van der Waals surface area (Å²) in [5, 5.41) is 15.2. The Bertz CT molecular complexity index is 1340. The summed E-state index contributed by atoms with van der Waals surface area (Å²) in [4.78, 5) is 36.6. The second-order valence-electron chi connectivity index (χ2n) is 10.9. The largest absolute Gasteiger partial charge is 0.480 e. The highest BCUT2D eigenvalue weighted by atomic mass is 32.2. The van der Waals surface area contributed by atoms with Crippen molar-refractivity contribution in [2.75, 3.05) is 17.6 Å². The molecule has 2 amide bonds. The van der Waals surface area contributed by atoms with Crippen LogP contribution in [0, 0.1) is 16.7 Å². The fourth-order valence-corrected chi connectivity index (χ4v) is 8.08. The number of amides is 2. The number of ketones is 1. The Hall–Kier alpha value is -3.24. The van der Waals surface area contributed by atoms with E-state index in [0.29, 0.717) is 30.6 Å². The van der Waals surface area contributed by atoms with Crippen LogP contribution in [0.5, 0.6) is 0 Å². The van der Waals surface area contributed by atoms with E-state index in [1.165, 1.54) is 0 Å². The smallest absolute Gasteiger partial charge is 0.322 e. The number of anilines is 1. The molecule has 2 aromatic carbocycles. The Kier molecular flexibility index (Phi) is 7.67. The van der Waals surface area contributed by atoms with Crippen LogP contribution in [0.2, 0.25) is 0 Å². The number of benzene rings is 2. The first kappa shape index (κ1) is 27.8. The topological polar surface area (TPSA) is 142 Å². The molecule has 38 heavy (non-hydrogen) atoms. The number of carboxylic acid groups (broad SMARTS) is 1. The SMILES string of the molecule is CCNC(=O)Nc1cccc(-c2ccc(CC(NS(=O)(=O)CC34CCC(CC3=O)C4(C)C)C(=O)O)cc2)c1. The predicted octanol–water partition coefficient (Wildman–Crippen LogP) is 3.81. The summed E-state index contributed by atoms with van der Waals surface area (Å²) in [6.45, 7) is 6.25. The van der Waals surface area contributed by atoms with Crippen LogP contribution in [0.1, 0.15) is 45.6 Å². The standard InChI is InChI=1S/C28H35N3O6S/c1-4-29-26(35)30-22-7-5-6-20(15-22)19-10-8-18(9-11-19)14-23(25(33)34)31-38(36,37)17-28-13-12-21(16-24(28)32)27(28,2)3/h5-11,15,21,23,31H,4,12-14,16-17H2,1-3H3,(H,33,34)(H2,29,30,35). The van der Waals surface area contributed by atoms with Crippen molar-refractivity contribution in [2.24, 2.45) is 16.7 Å². The Morgan fingerprint density at radius 2 is 1.82 bits per heavy atom. The highest BCUT2D eigenvalue weighted by molar-refractivity contribution is 7.89. The number of sulfonamides is 1. The third-order valence-corrected chi connectivity index (χ3v) is 9.90. The summed E-state index contributed by atoms with van der Waals surface area (Å²) in [5.41, 5.74) is 1.61. The molecule has 0 spiro atoms. The quantitative estimate of drug-likeness (QED) is 0.360. The van der Waals surface area contributed by atoms with E-state index in [1.54, 1.807) is 18.2 Å². The molecule has 10 heteroatoms. The number of carbonyl (C=O) groups excluding carboxylic acids is 2. The second-order valence-corrected chi connectivity index (χ2v) is 12.7. The molecular formula is C28H35N3O6S. The van der Waals surface area contributed by atoms with E-state index >= 15 is 0 Å². The first-order valence-electron chi connectivity index (χ1n) is 12.9. The molecule has 2 aliphatic carbocycles. The summed E-state index contributed by atoms with van der Waals surface area (Å²) in [5.74, 6) is -1.52. The maximum absolute atomic E-state index is 13.1. The molecule has 0 aromatic heterocycles. The van der Waals surface area contributed by atoms with Crippen LogP contribution in [0.3, 0.4) is 0 Å². The monoisotopic (exact) mass is 541 g/mol. The minimum absolute atomic E-state index is 0.0307. The van der Waals surface area contributed by atoms with Crippen LogP contribution >= 0.6 is 0 Å². The van der Waals surface area contributed by atoms with E-state index < -0.39 is 32.9 Å². The molecule has 4 rings (SSSR count). The number of aliphatic carboxylic acids is 1. The predicted molar refractivity (Wildman–Crippen MR) is 145 cm³/mol. The van der Waals surface area contributed by atoms with Gasteiger partial charge in [-0.2, -0.15) is 0 Å². The molecule has 3 atom stereocenters. The van der Waals surface area contributed by atoms with Crippen molar-refractivity contribution in [1.29, 1.82) is 0 Å². The molecule has 204 valence electrons. The third-order valence-electron chi connectivity index (χ3n) is 8.38.